The number of nitrogens with one attached hydrogen (secondary N) is 2. The molecule has 0 fully saturated rings. The lowest BCUT2D eigenvalue weighted by atomic mass is 10.1. The van der Waals surface area contributed by atoms with Crippen LogP contribution in [0.3, 0.4) is 0 Å². The zero-order chi connectivity index (χ0) is 19.9. The zero-order valence-electron chi connectivity index (χ0n) is 15.5. The smallest absolute Gasteiger partial charge is 0.268 e. The lowest BCUT2D eigenvalue weighted by molar-refractivity contribution is 0.582. The van der Waals surface area contributed by atoms with Gasteiger partial charge in [-0.15, -0.1) is 0 Å². The van der Waals surface area contributed by atoms with Gasteiger partial charge in [0.15, 0.2) is 0 Å². The maximum absolute atomic E-state index is 14.0. The molecule has 2 aromatic carbocycles. The molecule has 0 aliphatic carbocycles. The first-order chi connectivity index (χ1) is 13.4. The summed E-state index contributed by atoms with van der Waals surface area (Å²) in [6.07, 6.45) is 3.42. The van der Waals surface area contributed by atoms with Crippen LogP contribution in [-0.4, -0.2) is 24.4 Å². The molecule has 4 aromatic rings. The Morgan fingerprint density at radius 2 is 1.93 bits per heavy atom. The fraction of sp³-hybridized carbons (Fsp3) is 0.143. The van der Waals surface area contributed by atoms with Crippen LogP contribution in [0.5, 0.6) is 0 Å². The van der Waals surface area contributed by atoms with Crippen LogP contribution < -0.4 is 5.32 Å². The number of aromatic nitrogens is 2. The Labute approximate surface area is 162 Å². The number of nitrogens with zero attached hydrogens (tertiary/aromatic N) is 1. The molecule has 0 aliphatic rings. The molecule has 2 heterocycles. The van der Waals surface area contributed by atoms with Crippen molar-refractivity contribution in [2.75, 3.05) is 7.05 Å². The van der Waals surface area contributed by atoms with Gasteiger partial charge in [0.2, 0.25) is 0 Å². The van der Waals surface area contributed by atoms with Crippen LogP contribution in [-0.2, 0) is 16.6 Å². The normalized spacial score (nSPS) is 12.0. The Hall–Kier alpha value is -2.90. The van der Waals surface area contributed by atoms with Crippen molar-refractivity contribution in [3.63, 3.8) is 0 Å². The lowest BCUT2D eigenvalue weighted by Gasteiger charge is -2.11. The molecule has 7 heteroatoms. The van der Waals surface area contributed by atoms with E-state index in [-0.39, 0.29) is 4.90 Å². The topological polar surface area (TPSA) is 66.9 Å². The van der Waals surface area contributed by atoms with E-state index in [1.807, 2.05) is 36.5 Å². The first kappa shape index (κ1) is 18.5. The Kier molecular flexibility index (Phi) is 4.56. The predicted molar refractivity (Wildman–Crippen MR) is 108 cm³/mol. The van der Waals surface area contributed by atoms with Crippen molar-refractivity contribution in [2.45, 2.75) is 18.4 Å². The highest BCUT2D eigenvalue weighted by atomic mass is 32.2. The standard InChI is InChI=1S/C21H20FN3O2S/c1-14-3-5-18(11-19(14)22)28(26,27)25-13-15(12-23-2)9-21(25)17-4-6-20-16(10-17)7-8-24-20/h3-11,13,23-24H,12H2,1-2H3. The second-order valence-electron chi connectivity index (χ2n) is 6.76. The van der Waals surface area contributed by atoms with Gasteiger partial charge in [-0.1, -0.05) is 12.1 Å². The van der Waals surface area contributed by atoms with Gasteiger partial charge in [-0.3, -0.25) is 0 Å². The molecule has 4 rings (SSSR count). The number of halogens is 1. The van der Waals surface area contributed by atoms with Crippen LogP contribution in [0.2, 0.25) is 0 Å². The van der Waals surface area contributed by atoms with E-state index in [0.29, 0.717) is 17.8 Å². The summed E-state index contributed by atoms with van der Waals surface area (Å²) in [7, 11) is -2.16. The number of aromatic amines is 1. The third-order valence-electron chi connectivity index (χ3n) is 4.77. The molecule has 0 saturated carbocycles. The van der Waals surface area contributed by atoms with Crippen molar-refractivity contribution in [3.05, 3.63) is 77.9 Å². The van der Waals surface area contributed by atoms with E-state index in [9.17, 15) is 12.8 Å². The van der Waals surface area contributed by atoms with E-state index in [4.69, 9.17) is 0 Å². The summed E-state index contributed by atoms with van der Waals surface area (Å²) >= 11 is 0. The van der Waals surface area contributed by atoms with Crippen molar-refractivity contribution in [2.24, 2.45) is 0 Å². The van der Waals surface area contributed by atoms with Gasteiger partial charge in [0.05, 0.1) is 10.6 Å². The van der Waals surface area contributed by atoms with Gasteiger partial charge in [0, 0.05) is 29.8 Å². The van der Waals surface area contributed by atoms with Gasteiger partial charge >= 0.3 is 0 Å². The lowest BCUT2D eigenvalue weighted by Crippen LogP contribution is -2.14. The molecule has 28 heavy (non-hydrogen) atoms. The summed E-state index contributed by atoms with van der Waals surface area (Å²) in [6.45, 7) is 2.12. The molecule has 0 spiro atoms. The summed E-state index contributed by atoms with van der Waals surface area (Å²) in [5, 5.41) is 4.02. The number of rotatable bonds is 5. The van der Waals surface area contributed by atoms with E-state index < -0.39 is 15.8 Å². The largest absolute Gasteiger partial charge is 0.361 e. The summed E-state index contributed by atoms with van der Waals surface area (Å²) < 4.78 is 41.8. The molecule has 0 atom stereocenters. The summed E-state index contributed by atoms with van der Waals surface area (Å²) in [5.74, 6) is -0.543. The molecule has 2 aromatic heterocycles. The van der Waals surface area contributed by atoms with Gasteiger partial charge in [-0.05, 0) is 67.1 Å². The second-order valence-corrected chi connectivity index (χ2v) is 8.57. The number of benzene rings is 2. The number of H-pyrrole nitrogens is 1. The summed E-state index contributed by atoms with van der Waals surface area (Å²) in [5.41, 5.74) is 3.50. The Morgan fingerprint density at radius 3 is 2.68 bits per heavy atom. The van der Waals surface area contributed by atoms with Crippen LogP contribution in [0.1, 0.15) is 11.1 Å². The number of hydrogen-bond donors (Lipinski definition) is 2. The summed E-state index contributed by atoms with van der Waals surface area (Å²) in [6, 6.07) is 13.5. The first-order valence-corrected chi connectivity index (χ1v) is 10.3. The molecule has 0 aliphatic heterocycles. The van der Waals surface area contributed by atoms with Gasteiger partial charge in [-0.25, -0.2) is 16.8 Å². The van der Waals surface area contributed by atoms with Crippen molar-refractivity contribution in [3.8, 4) is 11.3 Å². The third-order valence-corrected chi connectivity index (χ3v) is 6.44. The van der Waals surface area contributed by atoms with Gasteiger partial charge in [0.1, 0.15) is 5.82 Å². The fourth-order valence-corrected chi connectivity index (χ4v) is 4.68. The van der Waals surface area contributed by atoms with Gasteiger partial charge < -0.3 is 10.3 Å². The highest BCUT2D eigenvalue weighted by molar-refractivity contribution is 7.90. The van der Waals surface area contributed by atoms with E-state index in [1.165, 1.54) is 16.1 Å². The molecular formula is C21H20FN3O2S. The van der Waals surface area contributed by atoms with Crippen LogP contribution in [0.25, 0.3) is 22.2 Å². The predicted octanol–water partition coefficient (Wildman–Crippen LogP) is 4.04. The summed E-state index contributed by atoms with van der Waals surface area (Å²) in [4.78, 5) is 3.05. The molecule has 144 valence electrons. The molecular weight excluding hydrogens is 377 g/mol. The molecule has 0 radical (unpaired) electrons. The minimum atomic E-state index is -3.95. The van der Waals surface area contributed by atoms with Crippen LogP contribution in [0.15, 0.2) is 65.8 Å². The average Bonchev–Trinajstić information content (AvgIpc) is 3.30. The highest BCUT2D eigenvalue weighted by Gasteiger charge is 2.23. The van der Waals surface area contributed by atoms with E-state index in [2.05, 4.69) is 10.3 Å². The van der Waals surface area contributed by atoms with Gasteiger partial charge in [0.25, 0.3) is 10.0 Å². The van der Waals surface area contributed by atoms with Crippen LogP contribution >= 0.6 is 0 Å². The Balaban J connectivity index is 1.91. The Bertz CT molecular complexity index is 1270. The van der Waals surface area contributed by atoms with Crippen molar-refractivity contribution in [1.82, 2.24) is 14.3 Å². The number of aryl methyl sites for hydroxylation is 1. The van der Waals surface area contributed by atoms with Crippen molar-refractivity contribution < 1.29 is 12.8 Å². The second kappa shape index (κ2) is 6.92. The van der Waals surface area contributed by atoms with E-state index in [0.717, 1.165) is 28.1 Å². The zero-order valence-corrected chi connectivity index (χ0v) is 16.3. The monoisotopic (exact) mass is 397 g/mol. The Morgan fingerprint density at radius 1 is 1.11 bits per heavy atom. The minimum absolute atomic E-state index is 0.0776. The first-order valence-electron chi connectivity index (χ1n) is 8.85. The van der Waals surface area contributed by atoms with Crippen molar-refractivity contribution >= 4 is 20.9 Å². The number of hydrogen-bond acceptors (Lipinski definition) is 3. The maximum Gasteiger partial charge on any atom is 0.268 e. The quantitative estimate of drug-likeness (QED) is 0.534. The van der Waals surface area contributed by atoms with Gasteiger partial charge in [-0.2, -0.15) is 0 Å². The van der Waals surface area contributed by atoms with Crippen LogP contribution in [0.4, 0.5) is 4.39 Å². The molecule has 2 N–H and O–H groups in total. The fourth-order valence-electron chi connectivity index (χ4n) is 3.27. The minimum Gasteiger partial charge on any atom is -0.361 e. The SMILES string of the molecule is CNCc1cc(-c2ccc3[nH]ccc3c2)n(S(=O)(=O)c2ccc(C)c(F)c2)c1. The number of fused-ring (bicyclic) bond motifs is 1. The molecule has 0 amide bonds. The maximum atomic E-state index is 14.0. The molecule has 0 unspecified atom stereocenters. The molecule has 0 saturated heterocycles. The highest BCUT2D eigenvalue weighted by Crippen LogP contribution is 2.30. The molecule has 0 bridgehead atoms. The molecule has 5 nitrogen and oxygen atoms in total. The third kappa shape index (κ3) is 3.12. The van der Waals surface area contributed by atoms with E-state index in [1.54, 1.807) is 20.2 Å². The van der Waals surface area contributed by atoms with E-state index >= 15 is 0 Å². The van der Waals surface area contributed by atoms with Crippen molar-refractivity contribution in [1.29, 1.82) is 0 Å². The van der Waals surface area contributed by atoms with Crippen LogP contribution in [0, 0.1) is 12.7 Å². The average molecular weight is 397 g/mol.